The number of fused-ring (bicyclic) bond motifs is 2. The van der Waals surface area contributed by atoms with E-state index in [1.54, 1.807) is 28.8 Å². The van der Waals surface area contributed by atoms with Crippen LogP contribution in [0.4, 0.5) is 5.69 Å². The van der Waals surface area contributed by atoms with Crippen LogP contribution in [0.3, 0.4) is 0 Å². The highest BCUT2D eigenvalue weighted by Gasteiger charge is 2.43. The van der Waals surface area contributed by atoms with E-state index in [0.717, 1.165) is 16.1 Å². The Kier molecular flexibility index (Phi) is 4.83. The molecule has 2 heterocycles. The molecule has 2 aliphatic heterocycles. The lowest BCUT2D eigenvalue weighted by atomic mass is 10.1. The molecule has 1 atom stereocenters. The number of benzene rings is 3. The zero-order valence-corrected chi connectivity index (χ0v) is 18.0. The monoisotopic (exact) mass is 450 g/mol. The minimum atomic E-state index is -4.06. The molecule has 0 saturated heterocycles. The minimum Gasteiger partial charge on any atom is -0.301 e. The van der Waals surface area contributed by atoms with E-state index in [9.17, 15) is 18.0 Å². The normalized spacial score (nSPS) is 19.1. The molecule has 1 unspecified atom stereocenters. The van der Waals surface area contributed by atoms with E-state index in [1.807, 2.05) is 54.6 Å². The molecule has 156 valence electrons. The summed E-state index contributed by atoms with van der Waals surface area (Å²) >= 11 is 1.65. The molecule has 2 amide bonds. The van der Waals surface area contributed by atoms with Gasteiger partial charge in [0.2, 0.25) is 5.91 Å². The fraction of sp³-hybridized carbons (Fsp3) is 0.130. The van der Waals surface area contributed by atoms with Crippen molar-refractivity contribution in [2.75, 3.05) is 17.2 Å². The number of para-hydroxylation sites is 1. The average Bonchev–Trinajstić information content (AvgIpc) is 2.99. The van der Waals surface area contributed by atoms with Crippen molar-refractivity contribution in [3.63, 3.8) is 0 Å². The summed E-state index contributed by atoms with van der Waals surface area (Å²) in [6, 6.07) is 23.0. The standard InChI is InChI=1S/C23H18N2O4S2/c26-22(14-24-23(27)17-10-4-7-13-21(17)31(24,28)29)25-18-11-5-6-12-20(18)30-15-19(25)16-8-2-1-3-9-16/h1-13,19H,14-15H2. The Hall–Kier alpha value is -3.10. The number of nitrogens with zero attached hydrogens (tertiary/aromatic N) is 2. The number of carbonyl (C=O) groups is 2. The number of carbonyl (C=O) groups excluding carboxylic acids is 2. The van der Waals surface area contributed by atoms with Gasteiger partial charge in [-0.1, -0.05) is 54.6 Å². The van der Waals surface area contributed by atoms with Crippen LogP contribution in [0.15, 0.2) is 88.7 Å². The number of hydrogen-bond donors (Lipinski definition) is 0. The molecular formula is C23H18N2O4S2. The molecule has 5 rings (SSSR count). The summed E-state index contributed by atoms with van der Waals surface area (Å²) in [6.07, 6.45) is 0. The van der Waals surface area contributed by atoms with E-state index in [4.69, 9.17) is 0 Å². The zero-order valence-electron chi connectivity index (χ0n) is 16.3. The van der Waals surface area contributed by atoms with Crippen LogP contribution in [0, 0.1) is 0 Å². The van der Waals surface area contributed by atoms with Gasteiger partial charge in [-0.3, -0.25) is 9.59 Å². The summed E-state index contributed by atoms with van der Waals surface area (Å²) in [5.41, 5.74) is 1.78. The van der Waals surface area contributed by atoms with Gasteiger partial charge in [-0.05, 0) is 29.8 Å². The fourth-order valence-electron chi connectivity index (χ4n) is 4.00. The van der Waals surface area contributed by atoms with Crippen molar-refractivity contribution in [3.8, 4) is 0 Å². The van der Waals surface area contributed by atoms with Gasteiger partial charge in [0, 0.05) is 10.6 Å². The molecule has 8 heteroatoms. The van der Waals surface area contributed by atoms with Crippen molar-refractivity contribution < 1.29 is 18.0 Å². The third-order valence-corrected chi connectivity index (χ3v) is 8.40. The number of rotatable bonds is 3. The SMILES string of the molecule is O=C(CN1C(=O)c2ccccc2S1(=O)=O)N1c2ccccc2SCC1c1ccccc1. The van der Waals surface area contributed by atoms with Gasteiger partial charge in [0.25, 0.3) is 15.9 Å². The maximum Gasteiger partial charge on any atom is 0.269 e. The summed E-state index contributed by atoms with van der Waals surface area (Å²) in [6.45, 7) is -0.543. The highest BCUT2D eigenvalue weighted by Crippen LogP contribution is 2.43. The van der Waals surface area contributed by atoms with Crippen molar-refractivity contribution in [1.29, 1.82) is 0 Å². The highest BCUT2D eigenvalue weighted by atomic mass is 32.2. The van der Waals surface area contributed by atoms with Crippen LogP contribution in [0.25, 0.3) is 0 Å². The first-order chi connectivity index (χ1) is 15.0. The second kappa shape index (κ2) is 7.55. The number of anilines is 1. The summed E-state index contributed by atoms with van der Waals surface area (Å²) in [4.78, 5) is 28.9. The molecule has 3 aromatic carbocycles. The zero-order chi connectivity index (χ0) is 21.6. The summed E-state index contributed by atoms with van der Waals surface area (Å²) in [7, 11) is -4.06. The number of hydrogen-bond acceptors (Lipinski definition) is 5. The van der Waals surface area contributed by atoms with E-state index in [-0.39, 0.29) is 16.5 Å². The number of thioether (sulfide) groups is 1. The Morgan fingerprint density at radius 2 is 1.61 bits per heavy atom. The second-order valence-electron chi connectivity index (χ2n) is 7.28. The van der Waals surface area contributed by atoms with Crippen LogP contribution >= 0.6 is 11.8 Å². The van der Waals surface area contributed by atoms with Crippen LogP contribution in [-0.2, 0) is 14.8 Å². The van der Waals surface area contributed by atoms with Gasteiger partial charge in [0.05, 0.1) is 17.3 Å². The molecule has 2 aliphatic rings. The van der Waals surface area contributed by atoms with Crippen molar-refractivity contribution >= 4 is 39.3 Å². The first kappa shape index (κ1) is 19.8. The lowest BCUT2D eigenvalue weighted by Gasteiger charge is -2.37. The molecule has 0 fully saturated rings. The van der Waals surface area contributed by atoms with Crippen LogP contribution < -0.4 is 4.90 Å². The first-order valence-corrected chi connectivity index (χ1v) is 12.2. The molecule has 3 aromatic rings. The van der Waals surface area contributed by atoms with Crippen LogP contribution in [0.1, 0.15) is 22.0 Å². The molecule has 0 N–H and O–H groups in total. The van der Waals surface area contributed by atoms with Gasteiger partial charge >= 0.3 is 0 Å². The van der Waals surface area contributed by atoms with Crippen LogP contribution in [0.5, 0.6) is 0 Å². The number of sulfonamides is 1. The smallest absolute Gasteiger partial charge is 0.269 e. The third-order valence-electron chi connectivity index (χ3n) is 5.48. The Labute approximate surface area is 184 Å². The van der Waals surface area contributed by atoms with Gasteiger partial charge in [0.1, 0.15) is 11.4 Å². The Morgan fingerprint density at radius 1 is 0.935 bits per heavy atom. The second-order valence-corrected chi connectivity index (χ2v) is 10.2. The van der Waals surface area contributed by atoms with E-state index >= 15 is 0 Å². The van der Waals surface area contributed by atoms with Gasteiger partial charge < -0.3 is 4.90 Å². The molecule has 6 nitrogen and oxygen atoms in total. The predicted octanol–water partition coefficient (Wildman–Crippen LogP) is 3.71. The Morgan fingerprint density at radius 3 is 2.39 bits per heavy atom. The van der Waals surface area contributed by atoms with E-state index in [1.165, 1.54) is 12.1 Å². The quantitative estimate of drug-likeness (QED) is 0.608. The summed E-state index contributed by atoms with van der Waals surface area (Å²) < 4.78 is 26.6. The lowest BCUT2D eigenvalue weighted by Crippen LogP contribution is -2.46. The Bertz CT molecular complexity index is 1290. The topological polar surface area (TPSA) is 74.8 Å². The largest absolute Gasteiger partial charge is 0.301 e. The van der Waals surface area contributed by atoms with Crippen molar-refractivity contribution in [3.05, 3.63) is 90.0 Å². The molecule has 0 radical (unpaired) electrons. The van der Waals surface area contributed by atoms with Crippen LogP contribution in [-0.4, -0.2) is 36.8 Å². The van der Waals surface area contributed by atoms with Crippen molar-refractivity contribution in [2.24, 2.45) is 0 Å². The average molecular weight is 451 g/mol. The third kappa shape index (κ3) is 3.23. The molecule has 0 aromatic heterocycles. The van der Waals surface area contributed by atoms with Crippen molar-refractivity contribution in [1.82, 2.24) is 4.31 Å². The maximum atomic E-state index is 13.5. The maximum absolute atomic E-state index is 13.5. The molecule has 0 aliphatic carbocycles. The minimum absolute atomic E-state index is 0.0537. The van der Waals surface area contributed by atoms with Crippen molar-refractivity contribution in [2.45, 2.75) is 15.8 Å². The van der Waals surface area contributed by atoms with E-state index in [0.29, 0.717) is 10.1 Å². The molecular weight excluding hydrogens is 432 g/mol. The highest BCUT2D eigenvalue weighted by molar-refractivity contribution is 7.99. The van der Waals surface area contributed by atoms with Crippen LogP contribution in [0.2, 0.25) is 0 Å². The van der Waals surface area contributed by atoms with E-state index in [2.05, 4.69) is 0 Å². The molecule has 0 spiro atoms. The fourth-order valence-corrected chi connectivity index (χ4v) is 6.69. The van der Waals surface area contributed by atoms with E-state index < -0.39 is 28.4 Å². The molecule has 31 heavy (non-hydrogen) atoms. The predicted molar refractivity (Wildman–Crippen MR) is 118 cm³/mol. The lowest BCUT2D eigenvalue weighted by molar-refractivity contribution is -0.119. The Balaban J connectivity index is 1.53. The van der Waals surface area contributed by atoms with Gasteiger partial charge in [0.15, 0.2) is 0 Å². The summed E-state index contributed by atoms with van der Waals surface area (Å²) in [5, 5.41) is 0. The number of amides is 2. The first-order valence-electron chi connectivity index (χ1n) is 9.73. The van der Waals surface area contributed by atoms with Gasteiger partial charge in [-0.2, -0.15) is 0 Å². The molecule has 0 saturated carbocycles. The molecule has 0 bridgehead atoms. The van der Waals surface area contributed by atoms with Gasteiger partial charge in [-0.15, -0.1) is 11.8 Å². The summed E-state index contributed by atoms with van der Waals surface area (Å²) in [5.74, 6) is -0.473. The van der Waals surface area contributed by atoms with Gasteiger partial charge in [-0.25, -0.2) is 12.7 Å².